The van der Waals surface area contributed by atoms with Gasteiger partial charge in [-0.05, 0) is 42.0 Å². The van der Waals surface area contributed by atoms with E-state index in [4.69, 9.17) is 4.74 Å². The molecule has 0 fully saturated rings. The summed E-state index contributed by atoms with van der Waals surface area (Å²) in [6, 6.07) is 15.6. The normalized spacial score (nSPS) is 11.1. The summed E-state index contributed by atoms with van der Waals surface area (Å²) in [5.41, 5.74) is 1.62. The highest BCUT2D eigenvalue weighted by Gasteiger charge is 2.24. The molecule has 3 heterocycles. The molecule has 5 rings (SSSR count). The van der Waals surface area contributed by atoms with E-state index in [2.05, 4.69) is 9.97 Å². The first kappa shape index (κ1) is 21.0. The molecule has 0 unspecified atom stereocenters. The molecule has 0 bridgehead atoms. The standard InChI is InChI=1S/C23H16N4O4S2/c1-31-17-5-6-18-20(11-17)33-23(25-18)26(13-14-3-2-8-24-12-14)22(28)21-10-15-9-16(27(29)30)4-7-19(15)32-21/h2-12H,13H2,1H3. The Balaban J connectivity index is 1.57. The van der Waals surface area contributed by atoms with Crippen molar-refractivity contribution < 1.29 is 14.5 Å². The molecular weight excluding hydrogens is 460 g/mol. The third kappa shape index (κ3) is 4.13. The molecule has 1 amide bonds. The van der Waals surface area contributed by atoms with Crippen molar-refractivity contribution in [3.8, 4) is 5.75 Å². The van der Waals surface area contributed by atoms with Crippen molar-refractivity contribution in [3.05, 3.63) is 87.5 Å². The highest BCUT2D eigenvalue weighted by Crippen LogP contribution is 2.35. The summed E-state index contributed by atoms with van der Waals surface area (Å²) >= 11 is 2.70. The lowest BCUT2D eigenvalue weighted by Gasteiger charge is -2.19. The van der Waals surface area contributed by atoms with Crippen molar-refractivity contribution >= 4 is 59.7 Å². The molecule has 0 saturated carbocycles. The number of nitro benzene ring substituents is 1. The maximum atomic E-state index is 13.7. The van der Waals surface area contributed by atoms with Gasteiger partial charge < -0.3 is 4.74 Å². The monoisotopic (exact) mass is 476 g/mol. The van der Waals surface area contributed by atoms with Crippen molar-refractivity contribution in [1.82, 2.24) is 9.97 Å². The lowest BCUT2D eigenvalue weighted by atomic mass is 10.2. The second-order valence-electron chi connectivity index (χ2n) is 7.17. The molecule has 0 aliphatic carbocycles. The summed E-state index contributed by atoms with van der Waals surface area (Å²) in [6.07, 6.45) is 3.39. The van der Waals surface area contributed by atoms with Crippen LogP contribution < -0.4 is 9.64 Å². The molecule has 0 saturated heterocycles. The summed E-state index contributed by atoms with van der Waals surface area (Å²) in [4.78, 5) is 35.3. The Morgan fingerprint density at radius 2 is 2.00 bits per heavy atom. The Morgan fingerprint density at radius 1 is 1.12 bits per heavy atom. The number of benzene rings is 2. The molecule has 0 radical (unpaired) electrons. The molecule has 164 valence electrons. The molecule has 0 N–H and O–H groups in total. The number of fused-ring (bicyclic) bond motifs is 2. The van der Waals surface area contributed by atoms with Crippen LogP contribution in [0.1, 0.15) is 15.2 Å². The molecule has 0 atom stereocenters. The van der Waals surface area contributed by atoms with E-state index in [1.165, 1.54) is 34.8 Å². The zero-order chi connectivity index (χ0) is 22.9. The molecule has 3 aromatic heterocycles. The average Bonchev–Trinajstić information content (AvgIpc) is 3.45. The number of nitrogens with zero attached hydrogens (tertiary/aromatic N) is 4. The molecule has 8 nitrogen and oxygen atoms in total. The topological polar surface area (TPSA) is 98.5 Å². The molecular formula is C23H16N4O4S2. The van der Waals surface area contributed by atoms with Gasteiger partial charge in [-0.15, -0.1) is 11.3 Å². The Morgan fingerprint density at radius 3 is 2.76 bits per heavy atom. The Bertz CT molecular complexity index is 1500. The van der Waals surface area contributed by atoms with E-state index in [9.17, 15) is 14.9 Å². The number of carbonyl (C=O) groups is 1. The van der Waals surface area contributed by atoms with Gasteiger partial charge >= 0.3 is 0 Å². The number of rotatable bonds is 6. The van der Waals surface area contributed by atoms with Crippen LogP contribution in [0.3, 0.4) is 0 Å². The molecule has 0 aliphatic rings. The lowest BCUT2D eigenvalue weighted by molar-refractivity contribution is -0.384. The van der Waals surface area contributed by atoms with E-state index in [1.54, 1.807) is 36.5 Å². The minimum Gasteiger partial charge on any atom is -0.497 e. The van der Waals surface area contributed by atoms with Gasteiger partial charge in [0.2, 0.25) is 0 Å². The maximum Gasteiger partial charge on any atom is 0.270 e. The first-order valence-corrected chi connectivity index (χ1v) is 11.5. The molecule has 10 heteroatoms. The van der Waals surface area contributed by atoms with E-state index in [0.717, 1.165) is 20.5 Å². The highest BCUT2D eigenvalue weighted by molar-refractivity contribution is 7.23. The number of non-ortho nitro benzene ring substituents is 1. The van der Waals surface area contributed by atoms with Gasteiger partial charge in [0, 0.05) is 34.6 Å². The van der Waals surface area contributed by atoms with Crippen LogP contribution in [0.2, 0.25) is 0 Å². The highest BCUT2D eigenvalue weighted by atomic mass is 32.1. The predicted octanol–water partition coefficient (Wildman–Crippen LogP) is 5.67. The number of hydrogen-bond acceptors (Lipinski definition) is 8. The zero-order valence-electron chi connectivity index (χ0n) is 17.3. The minimum atomic E-state index is -0.442. The number of hydrogen-bond donors (Lipinski definition) is 0. The van der Waals surface area contributed by atoms with Crippen molar-refractivity contribution in [3.63, 3.8) is 0 Å². The summed E-state index contributed by atoms with van der Waals surface area (Å²) in [5.74, 6) is 0.489. The first-order chi connectivity index (χ1) is 16.0. The van der Waals surface area contributed by atoms with Crippen LogP contribution in [-0.2, 0) is 6.54 Å². The molecule has 0 aliphatic heterocycles. The van der Waals surface area contributed by atoms with Crippen molar-refractivity contribution in [1.29, 1.82) is 0 Å². The number of thiophene rings is 1. The Labute approximate surface area is 195 Å². The van der Waals surface area contributed by atoms with Crippen LogP contribution in [0.4, 0.5) is 10.8 Å². The van der Waals surface area contributed by atoms with E-state index in [0.29, 0.717) is 21.1 Å². The third-order valence-electron chi connectivity index (χ3n) is 5.05. The van der Waals surface area contributed by atoms with Gasteiger partial charge in [-0.3, -0.25) is 24.8 Å². The number of thiazole rings is 1. The van der Waals surface area contributed by atoms with Crippen LogP contribution in [0, 0.1) is 10.1 Å². The summed E-state index contributed by atoms with van der Waals surface area (Å²) in [6.45, 7) is 0.290. The number of anilines is 1. The Hall–Kier alpha value is -3.89. The van der Waals surface area contributed by atoms with Gasteiger partial charge in [0.1, 0.15) is 5.75 Å². The van der Waals surface area contributed by atoms with Crippen LogP contribution in [0.15, 0.2) is 67.0 Å². The number of pyridine rings is 1. The van der Waals surface area contributed by atoms with E-state index >= 15 is 0 Å². The van der Waals surface area contributed by atoms with E-state index < -0.39 is 4.92 Å². The Kier molecular flexibility index (Phi) is 5.45. The van der Waals surface area contributed by atoms with E-state index in [1.807, 2.05) is 30.3 Å². The number of ether oxygens (including phenoxy) is 1. The summed E-state index contributed by atoms with van der Waals surface area (Å²) in [5, 5.41) is 12.3. The number of aromatic nitrogens is 2. The van der Waals surface area contributed by atoms with Gasteiger partial charge in [0.15, 0.2) is 5.13 Å². The number of carbonyl (C=O) groups excluding carboxylic acids is 1. The van der Waals surface area contributed by atoms with Crippen molar-refractivity contribution in [2.24, 2.45) is 0 Å². The van der Waals surface area contributed by atoms with Crippen LogP contribution >= 0.6 is 22.7 Å². The quantitative estimate of drug-likeness (QED) is 0.231. The largest absolute Gasteiger partial charge is 0.497 e. The van der Waals surface area contributed by atoms with Gasteiger partial charge in [-0.2, -0.15) is 0 Å². The zero-order valence-corrected chi connectivity index (χ0v) is 18.9. The number of nitro groups is 1. The molecule has 5 aromatic rings. The van der Waals surface area contributed by atoms with Gasteiger partial charge in [0.25, 0.3) is 11.6 Å². The smallest absolute Gasteiger partial charge is 0.270 e. The summed E-state index contributed by atoms with van der Waals surface area (Å²) in [7, 11) is 1.60. The second kappa shape index (κ2) is 8.57. The van der Waals surface area contributed by atoms with Crippen molar-refractivity contribution in [2.75, 3.05) is 12.0 Å². The van der Waals surface area contributed by atoms with Crippen LogP contribution in [-0.4, -0.2) is 27.9 Å². The molecule has 2 aromatic carbocycles. The van der Waals surface area contributed by atoms with E-state index in [-0.39, 0.29) is 18.1 Å². The second-order valence-corrected chi connectivity index (χ2v) is 9.27. The maximum absolute atomic E-state index is 13.7. The third-order valence-corrected chi connectivity index (χ3v) is 7.19. The van der Waals surface area contributed by atoms with Gasteiger partial charge in [-0.25, -0.2) is 4.98 Å². The van der Waals surface area contributed by atoms with Gasteiger partial charge in [-0.1, -0.05) is 17.4 Å². The number of methoxy groups -OCH3 is 1. The fraction of sp³-hybridized carbons (Fsp3) is 0.0870. The predicted molar refractivity (Wildman–Crippen MR) is 129 cm³/mol. The lowest BCUT2D eigenvalue weighted by Crippen LogP contribution is -2.29. The van der Waals surface area contributed by atoms with Gasteiger partial charge in [0.05, 0.1) is 33.7 Å². The first-order valence-electron chi connectivity index (χ1n) is 9.85. The van der Waals surface area contributed by atoms with Crippen LogP contribution in [0.25, 0.3) is 20.3 Å². The molecule has 33 heavy (non-hydrogen) atoms. The van der Waals surface area contributed by atoms with Crippen molar-refractivity contribution in [2.45, 2.75) is 6.54 Å². The fourth-order valence-corrected chi connectivity index (χ4v) is 5.40. The minimum absolute atomic E-state index is 0.00775. The number of amides is 1. The fourth-order valence-electron chi connectivity index (χ4n) is 3.42. The molecule has 0 spiro atoms. The average molecular weight is 477 g/mol. The van der Waals surface area contributed by atoms with Crippen LogP contribution in [0.5, 0.6) is 5.75 Å². The summed E-state index contributed by atoms with van der Waals surface area (Å²) < 4.78 is 7.02. The SMILES string of the molecule is COc1ccc2nc(N(Cc3cccnc3)C(=O)c3cc4cc([N+](=O)[O-])ccc4s3)sc2c1.